The molecule has 0 aromatic carbocycles. The summed E-state index contributed by atoms with van der Waals surface area (Å²) in [5, 5.41) is 5.85. The Morgan fingerprint density at radius 1 is 1.53 bits per heavy atom. The van der Waals surface area contributed by atoms with Crippen LogP contribution in [0.5, 0.6) is 0 Å². The van der Waals surface area contributed by atoms with E-state index in [1.165, 1.54) is 4.88 Å². The molecule has 0 aliphatic heterocycles. The van der Waals surface area contributed by atoms with Crippen molar-refractivity contribution < 1.29 is 4.79 Å². The average Bonchev–Trinajstić information content (AvgIpc) is 2.63. The van der Waals surface area contributed by atoms with E-state index in [4.69, 9.17) is 0 Å². The Morgan fingerprint density at radius 3 is 2.67 bits per heavy atom. The van der Waals surface area contributed by atoms with Gasteiger partial charge in [-0.2, -0.15) is 0 Å². The van der Waals surface area contributed by atoms with Gasteiger partial charge in [-0.05, 0) is 20.8 Å². The number of nitrogens with zero attached hydrogens (tertiary/aromatic N) is 1. The van der Waals surface area contributed by atoms with Gasteiger partial charge in [0.2, 0.25) is 5.91 Å². The zero-order valence-electron chi connectivity index (χ0n) is 9.50. The van der Waals surface area contributed by atoms with Crippen molar-refractivity contribution in [3.63, 3.8) is 0 Å². The minimum Gasteiger partial charge on any atom is -0.358 e. The number of nitrogens with one attached hydrogen (secondary N) is 2. The van der Waals surface area contributed by atoms with Gasteiger partial charge in [-0.3, -0.25) is 10.1 Å². The van der Waals surface area contributed by atoms with Crippen molar-refractivity contribution in [3.05, 3.63) is 16.1 Å². The third kappa shape index (κ3) is 3.00. The van der Waals surface area contributed by atoms with Crippen molar-refractivity contribution in [2.45, 2.75) is 32.9 Å². The second-order valence-corrected chi connectivity index (χ2v) is 4.41. The highest BCUT2D eigenvalue weighted by Gasteiger charge is 2.17. The van der Waals surface area contributed by atoms with Crippen LogP contribution in [-0.4, -0.2) is 24.0 Å². The average molecular weight is 227 g/mol. The maximum atomic E-state index is 11.3. The van der Waals surface area contributed by atoms with Crippen molar-refractivity contribution >= 4 is 17.2 Å². The van der Waals surface area contributed by atoms with Crippen molar-refractivity contribution in [2.75, 3.05) is 7.05 Å². The van der Waals surface area contributed by atoms with E-state index in [1.807, 2.05) is 26.3 Å². The van der Waals surface area contributed by atoms with Crippen LogP contribution in [0, 0.1) is 6.92 Å². The monoisotopic (exact) mass is 227 g/mol. The molecule has 2 unspecified atom stereocenters. The molecule has 15 heavy (non-hydrogen) atoms. The van der Waals surface area contributed by atoms with Gasteiger partial charge >= 0.3 is 0 Å². The molecule has 0 bridgehead atoms. The first-order chi connectivity index (χ1) is 7.06. The number of hydrogen-bond acceptors (Lipinski definition) is 4. The SMILES string of the molecule is CNC(=O)C(C)NC(C)c1scnc1C. The van der Waals surface area contributed by atoms with Crippen LogP contribution >= 0.6 is 11.3 Å². The number of thiazole rings is 1. The highest BCUT2D eigenvalue weighted by Crippen LogP contribution is 2.21. The third-order valence-electron chi connectivity index (χ3n) is 2.32. The van der Waals surface area contributed by atoms with E-state index in [-0.39, 0.29) is 18.0 Å². The minimum atomic E-state index is -0.188. The molecule has 1 aromatic heterocycles. The fourth-order valence-electron chi connectivity index (χ4n) is 1.47. The summed E-state index contributed by atoms with van der Waals surface area (Å²) in [5.41, 5.74) is 2.86. The van der Waals surface area contributed by atoms with Crippen LogP contribution in [0.25, 0.3) is 0 Å². The summed E-state index contributed by atoms with van der Waals surface area (Å²) in [6, 6.07) is -0.0312. The van der Waals surface area contributed by atoms with Crippen LogP contribution in [0.15, 0.2) is 5.51 Å². The van der Waals surface area contributed by atoms with Crippen molar-refractivity contribution in [1.82, 2.24) is 15.6 Å². The highest BCUT2D eigenvalue weighted by molar-refractivity contribution is 7.09. The van der Waals surface area contributed by atoms with Crippen LogP contribution in [0.2, 0.25) is 0 Å². The maximum Gasteiger partial charge on any atom is 0.236 e. The molecule has 1 rings (SSSR count). The topological polar surface area (TPSA) is 54.0 Å². The van der Waals surface area contributed by atoms with Crippen molar-refractivity contribution in [2.24, 2.45) is 0 Å². The van der Waals surface area contributed by atoms with Crippen LogP contribution in [0.4, 0.5) is 0 Å². The molecule has 1 amide bonds. The number of carbonyl (C=O) groups is 1. The first kappa shape index (κ1) is 12.1. The Labute approximate surface area is 94.1 Å². The molecular formula is C10H17N3OS. The normalized spacial score (nSPS) is 14.7. The van der Waals surface area contributed by atoms with Gasteiger partial charge in [0.15, 0.2) is 0 Å². The standard InChI is InChI=1S/C10H17N3OS/c1-6-9(15-5-12-6)7(2)13-8(3)10(14)11-4/h5,7-8,13H,1-4H3,(H,11,14). The van der Waals surface area contributed by atoms with Gasteiger partial charge in [0.25, 0.3) is 0 Å². The lowest BCUT2D eigenvalue weighted by Gasteiger charge is -2.18. The second-order valence-electron chi connectivity index (χ2n) is 3.53. The lowest BCUT2D eigenvalue weighted by atomic mass is 10.2. The molecule has 2 atom stereocenters. The van der Waals surface area contributed by atoms with Gasteiger partial charge in [-0.15, -0.1) is 11.3 Å². The number of carbonyl (C=O) groups excluding carboxylic acids is 1. The van der Waals surface area contributed by atoms with Gasteiger partial charge in [-0.25, -0.2) is 4.98 Å². The van der Waals surface area contributed by atoms with Crippen LogP contribution in [0.3, 0.4) is 0 Å². The van der Waals surface area contributed by atoms with Gasteiger partial charge in [0.1, 0.15) is 0 Å². The Bertz CT molecular complexity index is 337. The van der Waals surface area contributed by atoms with E-state index in [1.54, 1.807) is 18.4 Å². The fraction of sp³-hybridized carbons (Fsp3) is 0.600. The van der Waals surface area contributed by atoms with Crippen molar-refractivity contribution in [1.29, 1.82) is 0 Å². The van der Waals surface area contributed by atoms with E-state index in [0.29, 0.717) is 0 Å². The van der Waals surface area contributed by atoms with Gasteiger partial charge in [0.05, 0.1) is 17.2 Å². The predicted molar refractivity (Wildman–Crippen MR) is 61.9 cm³/mol. The number of aromatic nitrogens is 1. The molecule has 4 nitrogen and oxygen atoms in total. The highest BCUT2D eigenvalue weighted by atomic mass is 32.1. The van der Waals surface area contributed by atoms with E-state index in [9.17, 15) is 4.79 Å². The molecule has 0 aliphatic rings. The summed E-state index contributed by atoms with van der Waals surface area (Å²) in [6.07, 6.45) is 0. The molecule has 5 heteroatoms. The van der Waals surface area contributed by atoms with E-state index in [0.717, 1.165) is 5.69 Å². The predicted octanol–water partition coefficient (Wildman–Crippen LogP) is 1.24. The van der Waals surface area contributed by atoms with Crippen molar-refractivity contribution in [3.8, 4) is 0 Å². The Balaban J connectivity index is 2.60. The third-order valence-corrected chi connectivity index (χ3v) is 3.43. The van der Waals surface area contributed by atoms with E-state index in [2.05, 4.69) is 15.6 Å². The molecule has 0 spiro atoms. The molecule has 0 saturated carbocycles. The maximum absolute atomic E-state index is 11.3. The number of hydrogen-bond donors (Lipinski definition) is 2. The first-order valence-corrected chi connectivity index (χ1v) is 5.81. The van der Waals surface area contributed by atoms with Gasteiger partial charge < -0.3 is 5.32 Å². The summed E-state index contributed by atoms with van der Waals surface area (Å²) in [7, 11) is 1.64. The molecule has 1 aromatic rings. The number of rotatable bonds is 4. The van der Waals surface area contributed by atoms with E-state index >= 15 is 0 Å². The summed E-state index contributed by atoms with van der Waals surface area (Å²) in [4.78, 5) is 16.7. The fourth-order valence-corrected chi connectivity index (χ4v) is 2.29. The largest absolute Gasteiger partial charge is 0.358 e. The number of aryl methyl sites for hydroxylation is 1. The summed E-state index contributed by atoms with van der Waals surface area (Å²) < 4.78 is 0. The molecule has 0 fully saturated rings. The van der Waals surface area contributed by atoms with E-state index < -0.39 is 0 Å². The number of amides is 1. The smallest absolute Gasteiger partial charge is 0.236 e. The zero-order chi connectivity index (χ0) is 11.4. The Hall–Kier alpha value is -0.940. The molecule has 84 valence electrons. The zero-order valence-corrected chi connectivity index (χ0v) is 10.3. The lowest BCUT2D eigenvalue weighted by molar-refractivity contribution is -0.122. The van der Waals surface area contributed by atoms with Gasteiger partial charge in [0, 0.05) is 18.0 Å². The molecule has 0 aliphatic carbocycles. The molecule has 0 saturated heterocycles. The van der Waals surface area contributed by atoms with Gasteiger partial charge in [-0.1, -0.05) is 0 Å². The summed E-state index contributed by atoms with van der Waals surface area (Å²) >= 11 is 1.61. The molecular weight excluding hydrogens is 210 g/mol. The Morgan fingerprint density at radius 2 is 2.20 bits per heavy atom. The molecule has 1 heterocycles. The number of likely N-dealkylation sites (N-methyl/N-ethyl adjacent to an activating group) is 1. The minimum absolute atomic E-state index is 0.00372. The summed E-state index contributed by atoms with van der Waals surface area (Å²) in [6.45, 7) is 5.88. The molecule has 0 radical (unpaired) electrons. The van der Waals surface area contributed by atoms with Crippen LogP contribution < -0.4 is 10.6 Å². The van der Waals surface area contributed by atoms with Crippen LogP contribution in [-0.2, 0) is 4.79 Å². The Kier molecular flexibility index (Phi) is 4.23. The first-order valence-electron chi connectivity index (χ1n) is 4.94. The second kappa shape index (κ2) is 5.23. The quantitative estimate of drug-likeness (QED) is 0.813. The summed E-state index contributed by atoms with van der Waals surface area (Å²) in [5.74, 6) is 0.00372. The molecule has 2 N–H and O–H groups in total. The lowest BCUT2D eigenvalue weighted by Crippen LogP contribution is -2.41. The van der Waals surface area contributed by atoms with Crippen LogP contribution in [0.1, 0.15) is 30.5 Å².